The quantitative estimate of drug-likeness (QED) is 0.475. The molecular formula is C6H9O. The van der Waals surface area contributed by atoms with Gasteiger partial charge in [0.2, 0.25) is 0 Å². The number of allylic oxidation sites excluding steroid dienone is 2. The van der Waals surface area contributed by atoms with Gasteiger partial charge >= 0.3 is 0 Å². The molecule has 0 aromatic carbocycles. The molecule has 0 saturated carbocycles. The molecule has 0 amide bonds. The van der Waals surface area contributed by atoms with Crippen LogP contribution in [0.3, 0.4) is 0 Å². The average Bonchev–Trinajstić information content (AvgIpc) is 1.61. The van der Waals surface area contributed by atoms with Crippen LogP contribution in [0.1, 0.15) is 13.3 Å². The van der Waals surface area contributed by atoms with Gasteiger partial charge in [0.25, 0.3) is 0 Å². The van der Waals surface area contributed by atoms with E-state index in [4.69, 9.17) is 0 Å². The Kier molecular flexibility index (Phi) is 3.29. The summed E-state index contributed by atoms with van der Waals surface area (Å²) in [6, 6.07) is 0. The first kappa shape index (κ1) is 6.41. The Bertz CT molecular complexity index is 82.2. The van der Waals surface area contributed by atoms with Crippen LogP contribution < -0.4 is 0 Å². The lowest BCUT2D eigenvalue weighted by Crippen LogP contribution is -1.83. The van der Waals surface area contributed by atoms with Gasteiger partial charge in [0, 0.05) is 13.3 Å². The van der Waals surface area contributed by atoms with Crippen LogP contribution in [0.4, 0.5) is 0 Å². The molecule has 0 spiro atoms. The van der Waals surface area contributed by atoms with Crippen molar-refractivity contribution in [2.45, 2.75) is 13.3 Å². The molecule has 0 bridgehead atoms. The molecule has 0 aromatic heterocycles. The molecule has 39 valence electrons. The maximum absolute atomic E-state index is 10.0. The molecule has 0 aliphatic carbocycles. The first-order chi connectivity index (χ1) is 3.27. The number of carbonyl (C=O) groups is 1. The van der Waals surface area contributed by atoms with Crippen molar-refractivity contribution in [1.29, 1.82) is 0 Å². The monoisotopic (exact) mass is 97.1 g/mol. The van der Waals surface area contributed by atoms with E-state index in [0.29, 0.717) is 6.42 Å². The molecule has 0 aliphatic rings. The lowest BCUT2D eigenvalue weighted by molar-refractivity contribution is -0.114. The molecule has 1 nitrogen and oxygen atoms in total. The van der Waals surface area contributed by atoms with Crippen molar-refractivity contribution in [3.05, 3.63) is 19.1 Å². The highest BCUT2D eigenvalue weighted by Crippen LogP contribution is 1.81. The smallest absolute Gasteiger partial charge is 0.137 e. The highest BCUT2D eigenvalue weighted by atomic mass is 16.1. The zero-order valence-corrected chi connectivity index (χ0v) is 4.48. The van der Waals surface area contributed by atoms with Gasteiger partial charge in [0.05, 0.1) is 0 Å². The summed E-state index contributed by atoms with van der Waals surface area (Å²) in [7, 11) is 0. The van der Waals surface area contributed by atoms with E-state index in [2.05, 4.69) is 6.92 Å². The fourth-order valence-electron chi connectivity index (χ4n) is 0.249. The molecule has 0 atom stereocenters. The highest BCUT2D eigenvalue weighted by Gasteiger charge is 1.81. The van der Waals surface area contributed by atoms with Gasteiger partial charge in [-0.15, -0.1) is 0 Å². The van der Waals surface area contributed by atoms with Crippen LogP contribution in [-0.4, -0.2) is 5.78 Å². The molecule has 0 fully saturated rings. The summed E-state index contributed by atoms with van der Waals surface area (Å²) in [5.41, 5.74) is 0. The molecule has 0 saturated heterocycles. The predicted octanol–water partition coefficient (Wildman–Crippen LogP) is 1.36. The SMILES string of the molecule is [CH2]C(=O)C/C=C/C. The zero-order chi connectivity index (χ0) is 5.70. The number of carbonyl (C=O) groups excluding carboxylic acids is 1. The van der Waals surface area contributed by atoms with Gasteiger partial charge in [-0.2, -0.15) is 0 Å². The maximum atomic E-state index is 10.0. The Balaban J connectivity index is 3.14. The van der Waals surface area contributed by atoms with Gasteiger partial charge in [-0.25, -0.2) is 0 Å². The summed E-state index contributed by atoms with van der Waals surface area (Å²) in [6.45, 7) is 5.06. The molecule has 0 N–H and O–H groups in total. The van der Waals surface area contributed by atoms with Crippen molar-refractivity contribution >= 4 is 5.78 Å². The van der Waals surface area contributed by atoms with Gasteiger partial charge in [-0.05, 0) is 6.92 Å². The number of rotatable bonds is 2. The number of hydrogen-bond acceptors (Lipinski definition) is 1. The Morgan fingerprint density at radius 2 is 2.43 bits per heavy atom. The molecule has 0 aliphatic heterocycles. The highest BCUT2D eigenvalue weighted by molar-refractivity contribution is 5.83. The van der Waals surface area contributed by atoms with E-state index in [1.54, 1.807) is 6.08 Å². The van der Waals surface area contributed by atoms with E-state index < -0.39 is 0 Å². The summed E-state index contributed by atoms with van der Waals surface area (Å²) < 4.78 is 0. The maximum Gasteiger partial charge on any atom is 0.137 e. The van der Waals surface area contributed by atoms with Crippen LogP contribution in [0.5, 0.6) is 0 Å². The lowest BCUT2D eigenvalue weighted by atomic mass is 10.3. The molecule has 0 unspecified atom stereocenters. The standard InChI is InChI=1S/C6H9O/c1-3-4-5-6(2)7/h3-4H,2,5H2,1H3/b4-3+. The summed E-state index contributed by atoms with van der Waals surface area (Å²) in [5, 5.41) is 0. The summed E-state index contributed by atoms with van der Waals surface area (Å²) in [5.74, 6) is -0.0295. The van der Waals surface area contributed by atoms with Crippen LogP contribution in [0.25, 0.3) is 0 Å². The van der Waals surface area contributed by atoms with Gasteiger partial charge in [-0.3, -0.25) is 4.79 Å². The zero-order valence-electron chi connectivity index (χ0n) is 4.48. The largest absolute Gasteiger partial charge is 0.299 e. The first-order valence-electron chi connectivity index (χ1n) is 2.23. The minimum absolute atomic E-state index is 0.0295. The molecule has 0 rings (SSSR count). The second-order valence-corrected chi connectivity index (χ2v) is 1.31. The van der Waals surface area contributed by atoms with Gasteiger partial charge < -0.3 is 0 Å². The van der Waals surface area contributed by atoms with E-state index in [9.17, 15) is 4.79 Å². The third-order valence-corrected chi connectivity index (χ3v) is 0.581. The van der Waals surface area contributed by atoms with Crippen LogP contribution >= 0.6 is 0 Å². The predicted molar refractivity (Wildman–Crippen MR) is 29.8 cm³/mol. The Hall–Kier alpha value is -0.590. The Labute approximate surface area is 44.0 Å². The molecule has 1 heteroatoms. The van der Waals surface area contributed by atoms with Gasteiger partial charge in [0.15, 0.2) is 0 Å². The van der Waals surface area contributed by atoms with Crippen LogP contribution in [0.15, 0.2) is 12.2 Å². The van der Waals surface area contributed by atoms with Crippen molar-refractivity contribution < 1.29 is 4.79 Å². The van der Waals surface area contributed by atoms with Crippen molar-refractivity contribution in [2.24, 2.45) is 0 Å². The Morgan fingerprint density at radius 3 is 2.57 bits per heavy atom. The fourth-order valence-corrected chi connectivity index (χ4v) is 0.249. The minimum atomic E-state index is -0.0295. The molecule has 0 aromatic rings. The number of hydrogen-bond donors (Lipinski definition) is 0. The van der Waals surface area contributed by atoms with E-state index in [0.717, 1.165) is 0 Å². The first-order valence-corrected chi connectivity index (χ1v) is 2.23. The van der Waals surface area contributed by atoms with Crippen molar-refractivity contribution in [2.75, 3.05) is 0 Å². The molecule has 7 heavy (non-hydrogen) atoms. The molecule has 0 heterocycles. The van der Waals surface area contributed by atoms with Crippen LogP contribution in [0.2, 0.25) is 0 Å². The van der Waals surface area contributed by atoms with Crippen LogP contribution in [0, 0.1) is 6.92 Å². The van der Waals surface area contributed by atoms with Crippen LogP contribution in [-0.2, 0) is 4.79 Å². The third kappa shape index (κ3) is 5.41. The minimum Gasteiger partial charge on any atom is -0.299 e. The summed E-state index contributed by atoms with van der Waals surface area (Å²) in [6.07, 6.45) is 4.09. The molecular weight excluding hydrogens is 88.1 g/mol. The Morgan fingerprint density at radius 1 is 1.86 bits per heavy atom. The number of Topliss-reactive ketones (excluding diaryl/α,β-unsaturated/α-hetero) is 1. The summed E-state index contributed by atoms with van der Waals surface area (Å²) >= 11 is 0. The van der Waals surface area contributed by atoms with Crippen molar-refractivity contribution in [3.8, 4) is 0 Å². The average molecular weight is 97.1 g/mol. The van der Waals surface area contributed by atoms with E-state index >= 15 is 0 Å². The van der Waals surface area contributed by atoms with Crippen molar-refractivity contribution in [3.63, 3.8) is 0 Å². The molecule has 1 radical (unpaired) electrons. The van der Waals surface area contributed by atoms with E-state index in [-0.39, 0.29) is 5.78 Å². The summed E-state index contributed by atoms with van der Waals surface area (Å²) in [4.78, 5) is 10.0. The normalized spacial score (nSPS) is 10.0. The number of ketones is 1. The van der Waals surface area contributed by atoms with Crippen molar-refractivity contribution in [1.82, 2.24) is 0 Å². The third-order valence-electron chi connectivity index (χ3n) is 0.581. The topological polar surface area (TPSA) is 17.1 Å². The van der Waals surface area contributed by atoms with E-state index in [1.807, 2.05) is 13.0 Å². The van der Waals surface area contributed by atoms with E-state index in [1.165, 1.54) is 0 Å². The second kappa shape index (κ2) is 3.59. The van der Waals surface area contributed by atoms with Gasteiger partial charge in [0.1, 0.15) is 5.78 Å². The fraction of sp³-hybridized carbons (Fsp3) is 0.333. The second-order valence-electron chi connectivity index (χ2n) is 1.31. The van der Waals surface area contributed by atoms with Gasteiger partial charge in [-0.1, -0.05) is 12.2 Å². The lowest BCUT2D eigenvalue weighted by Gasteiger charge is -1.77.